The minimum absolute atomic E-state index is 0.0761. The van der Waals surface area contributed by atoms with Gasteiger partial charge in [-0.15, -0.1) is 0 Å². The van der Waals surface area contributed by atoms with Gasteiger partial charge in [0, 0.05) is 29.1 Å². The molecule has 1 N–H and O–H groups in total. The molecule has 0 saturated heterocycles. The molecule has 3 nitrogen and oxygen atoms in total. The zero-order valence-corrected chi connectivity index (χ0v) is 10.8. The molecular formula is C17H12N2O. The van der Waals surface area contributed by atoms with Crippen molar-refractivity contribution in [2.45, 2.75) is 6.42 Å². The van der Waals surface area contributed by atoms with Gasteiger partial charge in [0.25, 0.3) is 0 Å². The third kappa shape index (κ3) is 2.19. The molecule has 0 atom stereocenters. The summed E-state index contributed by atoms with van der Waals surface area (Å²) in [5.74, 6) is 0.0761. The normalized spacial score (nSPS) is 10.3. The first kappa shape index (κ1) is 12.2. The highest BCUT2D eigenvalue weighted by molar-refractivity contribution is 6.08. The van der Waals surface area contributed by atoms with Crippen LogP contribution in [0.2, 0.25) is 0 Å². The van der Waals surface area contributed by atoms with Gasteiger partial charge < -0.3 is 4.98 Å². The number of nitriles is 1. The number of nitrogens with zero attached hydrogens (tertiary/aromatic N) is 1. The highest BCUT2D eigenvalue weighted by Gasteiger charge is 2.12. The van der Waals surface area contributed by atoms with Crippen LogP contribution in [0.1, 0.15) is 21.5 Å². The van der Waals surface area contributed by atoms with Gasteiger partial charge in [-0.05, 0) is 17.7 Å². The standard InChI is InChI=1S/C17H12N2O/c18-10-13-6-7-14-15(11-19-16(14)8-13)17(20)9-12-4-2-1-3-5-12/h1-8,11,19H,9H2. The minimum atomic E-state index is 0.0761. The molecule has 96 valence electrons. The molecule has 0 aliphatic carbocycles. The van der Waals surface area contributed by atoms with Crippen molar-refractivity contribution in [3.8, 4) is 6.07 Å². The fourth-order valence-electron chi connectivity index (χ4n) is 2.30. The van der Waals surface area contributed by atoms with Crippen LogP contribution in [-0.4, -0.2) is 10.8 Å². The van der Waals surface area contributed by atoms with Crippen LogP contribution < -0.4 is 0 Å². The van der Waals surface area contributed by atoms with Crippen LogP contribution in [0.25, 0.3) is 10.9 Å². The number of H-pyrrole nitrogens is 1. The van der Waals surface area contributed by atoms with Crippen molar-refractivity contribution in [2.24, 2.45) is 0 Å². The van der Waals surface area contributed by atoms with E-state index < -0.39 is 0 Å². The fraction of sp³-hybridized carbons (Fsp3) is 0.0588. The molecule has 1 aromatic heterocycles. The summed E-state index contributed by atoms with van der Waals surface area (Å²) in [4.78, 5) is 15.4. The molecule has 3 aromatic rings. The third-order valence-electron chi connectivity index (χ3n) is 3.32. The Balaban J connectivity index is 1.94. The smallest absolute Gasteiger partial charge is 0.169 e. The van der Waals surface area contributed by atoms with Gasteiger partial charge >= 0.3 is 0 Å². The molecule has 0 fully saturated rings. The molecule has 0 aliphatic rings. The Kier molecular flexibility index (Phi) is 3.06. The summed E-state index contributed by atoms with van der Waals surface area (Å²) in [6.07, 6.45) is 2.10. The number of rotatable bonds is 3. The van der Waals surface area contributed by atoms with Crippen molar-refractivity contribution in [3.05, 3.63) is 71.4 Å². The Hall–Kier alpha value is -2.86. The molecule has 0 amide bonds. The first-order valence-corrected chi connectivity index (χ1v) is 6.36. The zero-order valence-electron chi connectivity index (χ0n) is 10.8. The van der Waals surface area contributed by atoms with Crippen LogP contribution in [0.15, 0.2) is 54.7 Å². The number of carbonyl (C=O) groups excluding carboxylic acids is 1. The van der Waals surface area contributed by atoms with E-state index in [0.29, 0.717) is 17.5 Å². The van der Waals surface area contributed by atoms with Crippen molar-refractivity contribution in [1.82, 2.24) is 4.98 Å². The molecule has 3 rings (SSSR count). The van der Waals surface area contributed by atoms with Gasteiger partial charge in [0.05, 0.1) is 11.6 Å². The van der Waals surface area contributed by atoms with Crippen LogP contribution >= 0.6 is 0 Å². The summed E-state index contributed by atoms with van der Waals surface area (Å²) >= 11 is 0. The maximum Gasteiger partial charge on any atom is 0.169 e. The number of carbonyl (C=O) groups is 1. The van der Waals surface area contributed by atoms with Crippen LogP contribution in [0.3, 0.4) is 0 Å². The number of ketones is 1. The van der Waals surface area contributed by atoms with Crippen LogP contribution in [0, 0.1) is 11.3 Å². The van der Waals surface area contributed by atoms with Crippen molar-refractivity contribution in [3.63, 3.8) is 0 Å². The molecule has 1 heterocycles. The van der Waals surface area contributed by atoms with Gasteiger partial charge in [-0.2, -0.15) is 5.26 Å². The average molecular weight is 260 g/mol. The maximum absolute atomic E-state index is 12.4. The Morgan fingerprint density at radius 2 is 1.95 bits per heavy atom. The summed E-state index contributed by atoms with van der Waals surface area (Å²) in [7, 11) is 0. The quantitative estimate of drug-likeness (QED) is 0.733. The fourth-order valence-corrected chi connectivity index (χ4v) is 2.30. The van der Waals surface area contributed by atoms with Crippen LogP contribution in [0.4, 0.5) is 0 Å². The van der Waals surface area contributed by atoms with E-state index >= 15 is 0 Å². The molecule has 0 unspecified atom stereocenters. The lowest BCUT2D eigenvalue weighted by Gasteiger charge is -2.00. The molecular weight excluding hydrogens is 248 g/mol. The molecule has 2 aromatic carbocycles. The highest BCUT2D eigenvalue weighted by Crippen LogP contribution is 2.21. The van der Waals surface area contributed by atoms with Gasteiger partial charge in [0.15, 0.2) is 5.78 Å². The maximum atomic E-state index is 12.4. The summed E-state index contributed by atoms with van der Waals surface area (Å²) in [6, 6.07) is 17.1. The van der Waals surface area contributed by atoms with E-state index in [1.807, 2.05) is 36.4 Å². The molecule has 0 radical (unpaired) electrons. The number of Topliss-reactive ketones (excluding diaryl/α,β-unsaturated/α-hetero) is 1. The van der Waals surface area contributed by atoms with E-state index in [1.165, 1.54) is 0 Å². The SMILES string of the molecule is N#Cc1ccc2c(C(=O)Cc3ccccc3)c[nH]c2c1. The summed E-state index contributed by atoms with van der Waals surface area (Å²) < 4.78 is 0. The van der Waals surface area contributed by atoms with E-state index in [2.05, 4.69) is 11.1 Å². The Labute approximate surface area is 116 Å². The summed E-state index contributed by atoms with van der Waals surface area (Å²) in [5, 5.41) is 9.74. The predicted octanol–water partition coefficient (Wildman–Crippen LogP) is 3.46. The van der Waals surface area contributed by atoms with Crippen molar-refractivity contribution >= 4 is 16.7 Å². The number of aromatic nitrogens is 1. The number of hydrogen-bond donors (Lipinski definition) is 1. The van der Waals surface area contributed by atoms with E-state index in [9.17, 15) is 4.79 Å². The molecule has 0 saturated carbocycles. The van der Waals surface area contributed by atoms with E-state index in [1.54, 1.807) is 18.3 Å². The molecule has 0 bridgehead atoms. The van der Waals surface area contributed by atoms with E-state index in [-0.39, 0.29) is 5.78 Å². The topological polar surface area (TPSA) is 56.6 Å². The molecule has 3 heteroatoms. The Bertz CT molecular complexity index is 810. The summed E-state index contributed by atoms with van der Waals surface area (Å²) in [6.45, 7) is 0. The van der Waals surface area contributed by atoms with Crippen LogP contribution in [0.5, 0.6) is 0 Å². The third-order valence-corrected chi connectivity index (χ3v) is 3.32. The van der Waals surface area contributed by atoms with Crippen molar-refractivity contribution in [2.75, 3.05) is 0 Å². The first-order valence-electron chi connectivity index (χ1n) is 6.36. The Morgan fingerprint density at radius 3 is 2.70 bits per heavy atom. The van der Waals surface area contributed by atoms with Gasteiger partial charge in [0.1, 0.15) is 0 Å². The minimum Gasteiger partial charge on any atom is -0.360 e. The van der Waals surface area contributed by atoms with E-state index in [4.69, 9.17) is 5.26 Å². The Morgan fingerprint density at radius 1 is 1.15 bits per heavy atom. The number of benzene rings is 2. The lowest BCUT2D eigenvalue weighted by molar-refractivity contribution is 0.0994. The zero-order chi connectivity index (χ0) is 13.9. The van der Waals surface area contributed by atoms with E-state index in [0.717, 1.165) is 16.5 Å². The monoisotopic (exact) mass is 260 g/mol. The number of nitrogens with one attached hydrogen (secondary N) is 1. The van der Waals surface area contributed by atoms with Gasteiger partial charge in [-0.3, -0.25) is 4.79 Å². The number of hydrogen-bond acceptors (Lipinski definition) is 2. The second-order valence-electron chi connectivity index (χ2n) is 4.66. The highest BCUT2D eigenvalue weighted by atomic mass is 16.1. The first-order chi connectivity index (χ1) is 9.78. The second kappa shape index (κ2) is 5.02. The second-order valence-corrected chi connectivity index (χ2v) is 4.66. The van der Waals surface area contributed by atoms with Crippen LogP contribution in [-0.2, 0) is 6.42 Å². The molecule has 0 aliphatic heterocycles. The largest absolute Gasteiger partial charge is 0.360 e. The predicted molar refractivity (Wildman–Crippen MR) is 77.5 cm³/mol. The number of fused-ring (bicyclic) bond motifs is 1. The van der Waals surface area contributed by atoms with Gasteiger partial charge in [-0.1, -0.05) is 36.4 Å². The van der Waals surface area contributed by atoms with Gasteiger partial charge in [-0.25, -0.2) is 0 Å². The summed E-state index contributed by atoms with van der Waals surface area (Å²) in [5.41, 5.74) is 3.08. The molecule has 0 spiro atoms. The number of aromatic amines is 1. The lowest BCUT2D eigenvalue weighted by Crippen LogP contribution is -2.02. The lowest BCUT2D eigenvalue weighted by atomic mass is 10.0. The van der Waals surface area contributed by atoms with Crippen molar-refractivity contribution in [1.29, 1.82) is 5.26 Å². The van der Waals surface area contributed by atoms with Gasteiger partial charge in [0.2, 0.25) is 0 Å². The van der Waals surface area contributed by atoms with Crippen molar-refractivity contribution < 1.29 is 4.79 Å². The molecule has 20 heavy (non-hydrogen) atoms. The average Bonchev–Trinajstić information content (AvgIpc) is 2.91.